The average Bonchev–Trinajstić information content (AvgIpc) is 3.77. The van der Waals surface area contributed by atoms with Crippen LogP contribution in [0.5, 0.6) is 0 Å². The van der Waals surface area contributed by atoms with Gasteiger partial charge < -0.3 is 15.0 Å². The van der Waals surface area contributed by atoms with Crippen LogP contribution in [-0.2, 0) is 14.8 Å². The van der Waals surface area contributed by atoms with E-state index in [2.05, 4.69) is 31.0 Å². The van der Waals surface area contributed by atoms with E-state index in [0.29, 0.717) is 11.3 Å². The van der Waals surface area contributed by atoms with Gasteiger partial charge in [-0.15, -0.1) is 0 Å². The molecular formula is C34H28Cl2F2N8O3S. The molecule has 256 valence electrons. The third-order valence-corrected chi connectivity index (χ3v) is 11.7. The van der Waals surface area contributed by atoms with E-state index in [0.717, 1.165) is 74.4 Å². The molecule has 3 aromatic heterocycles. The van der Waals surface area contributed by atoms with Crippen molar-refractivity contribution in [2.75, 3.05) is 41.2 Å². The molecule has 0 saturated carbocycles. The number of nitrogens with one attached hydrogen (secondary N) is 2. The molecule has 50 heavy (non-hydrogen) atoms. The molecule has 2 saturated heterocycles. The topological polar surface area (TPSA) is 127 Å². The number of fused-ring (bicyclic) bond motifs is 2. The van der Waals surface area contributed by atoms with Gasteiger partial charge in [0.15, 0.2) is 11.6 Å². The minimum Gasteiger partial charge on any atom is -0.381 e. The summed E-state index contributed by atoms with van der Waals surface area (Å²) in [5.41, 5.74) is 2.43. The Balaban J connectivity index is 1.11. The van der Waals surface area contributed by atoms with Gasteiger partial charge >= 0.3 is 0 Å². The Labute approximate surface area is 295 Å². The molecule has 0 unspecified atom stereocenters. The molecule has 2 fully saturated rings. The highest BCUT2D eigenvalue weighted by molar-refractivity contribution is 7.92. The first-order valence-electron chi connectivity index (χ1n) is 15.8. The third kappa shape index (κ3) is 5.75. The molecule has 0 bridgehead atoms. The van der Waals surface area contributed by atoms with Gasteiger partial charge in [0.25, 0.3) is 10.0 Å². The number of imidazole rings is 1. The Morgan fingerprint density at radius 1 is 0.900 bits per heavy atom. The highest BCUT2D eigenvalue weighted by atomic mass is 35.5. The smallest absolute Gasteiger partial charge is 0.263 e. The summed E-state index contributed by atoms with van der Waals surface area (Å²) >= 11 is 12.1. The van der Waals surface area contributed by atoms with E-state index in [1.165, 1.54) is 24.5 Å². The summed E-state index contributed by atoms with van der Waals surface area (Å²) in [7, 11) is -4.40. The number of benzene rings is 3. The summed E-state index contributed by atoms with van der Waals surface area (Å²) in [5, 5.41) is 2.43. The van der Waals surface area contributed by atoms with E-state index in [-0.39, 0.29) is 31.7 Å². The largest absolute Gasteiger partial charge is 0.381 e. The number of anilines is 4. The van der Waals surface area contributed by atoms with E-state index < -0.39 is 33.0 Å². The Bertz CT molecular complexity index is 2400. The predicted molar refractivity (Wildman–Crippen MR) is 188 cm³/mol. The number of aromatic nitrogens is 5. The minimum atomic E-state index is -4.40. The summed E-state index contributed by atoms with van der Waals surface area (Å²) in [6.07, 6.45) is 6.17. The van der Waals surface area contributed by atoms with Crippen LogP contribution in [0.4, 0.5) is 31.7 Å². The first-order valence-corrected chi connectivity index (χ1v) is 18.0. The maximum atomic E-state index is 15.8. The van der Waals surface area contributed by atoms with E-state index >= 15 is 8.78 Å². The second-order valence-electron chi connectivity index (χ2n) is 12.4. The van der Waals surface area contributed by atoms with Crippen LogP contribution in [-0.4, -0.2) is 59.2 Å². The summed E-state index contributed by atoms with van der Waals surface area (Å²) in [5.74, 6) is -1.73. The Morgan fingerprint density at radius 3 is 2.52 bits per heavy atom. The van der Waals surface area contributed by atoms with Crippen molar-refractivity contribution in [3.63, 3.8) is 0 Å². The molecule has 3 aromatic carbocycles. The molecule has 6 aromatic rings. The molecule has 1 spiro atoms. The monoisotopic (exact) mass is 736 g/mol. The average molecular weight is 738 g/mol. The van der Waals surface area contributed by atoms with E-state index in [1.54, 1.807) is 18.5 Å². The zero-order valence-corrected chi connectivity index (χ0v) is 28.5. The molecule has 8 rings (SSSR count). The van der Waals surface area contributed by atoms with Gasteiger partial charge in [-0.05, 0) is 73.2 Å². The van der Waals surface area contributed by atoms with Crippen LogP contribution in [0, 0.1) is 17.0 Å². The molecule has 0 radical (unpaired) electrons. The Morgan fingerprint density at radius 2 is 1.72 bits per heavy atom. The molecule has 0 aliphatic carbocycles. The summed E-state index contributed by atoms with van der Waals surface area (Å²) in [6, 6.07) is 15.4. The lowest BCUT2D eigenvalue weighted by Gasteiger charge is -2.39. The molecular weight excluding hydrogens is 709 g/mol. The minimum absolute atomic E-state index is 0.00179. The first-order chi connectivity index (χ1) is 24.1. The molecule has 2 N–H and O–H groups in total. The summed E-state index contributed by atoms with van der Waals surface area (Å²) < 4.78 is 66.8. The van der Waals surface area contributed by atoms with Gasteiger partial charge in [-0.2, -0.15) is 0 Å². The highest BCUT2D eigenvalue weighted by Gasteiger charge is 2.38. The van der Waals surface area contributed by atoms with Crippen LogP contribution in [0.1, 0.15) is 19.3 Å². The molecule has 2 aliphatic heterocycles. The van der Waals surface area contributed by atoms with Gasteiger partial charge in [0.1, 0.15) is 45.9 Å². The van der Waals surface area contributed by atoms with Crippen LogP contribution in [0.3, 0.4) is 0 Å². The number of piperidine rings is 1. The Hall–Kier alpha value is -4.63. The number of ether oxygens (including phenoxy) is 1. The molecule has 0 amide bonds. The van der Waals surface area contributed by atoms with Gasteiger partial charge in [0, 0.05) is 19.7 Å². The van der Waals surface area contributed by atoms with Gasteiger partial charge in [0.2, 0.25) is 0 Å². The second-order valence-corrected chi connectivity index (χ2v) is 14.8. The predicted octanol–water partition coefficient (Wildman–Crippen LogP) is 7.50. The normalized spacial score (nSPS) is 16.0. The lowest BCUT2D eigenvalue weighted by atomic mass is 9.78. The van der Waals surface area contributed by atoms with E-state index in [9.17, 15) is 8.42 Å². The molecule has 0 atom stereocenters. The fraction of sp³-hybridized carbons (Fsp3) is 0.235. The van der Waals surface area contributed by atoms with Crippen molar-refractivity contribution in [2.24, 2.45) is 5.41 Å². The molecule has 5 heterocycles. The molecule has 16 heteroatoms. The SMILES string of the molecule is O=S(=O)(Nc1ccc(F)c(Nc2ncnc3ccc(-n4cnc5c(N6CCC7(CCOC7)CC6)cccc54)nc23)c1F)c1cccc(Cl)c1Cl. The zero-order chi connectivity index (χ0) is 34.6. The van der Waals surface area contributed by atoms with E-state index in [4.69, 9.17) is 37.9 Å². The van der Waals surface area contributed by atoms with Crippen LogP contribution < -0.4 is 14.9 Å². The standard InChI is InChI=1S/C34H28Cl2F2N8O3S/c35-20-3-1-6-26(28(20)36)50(47,48)44-22-8-7-21(37)30(29(22)38)43-33-31-23(39-18-40-33)9-10-27(42-31)46-19-41-32-24(4-2-5-25(32)46)45-14-11-34(12-15-45)13-16-49-17-34/h1-10,18-19,44H,11-17H2,(H,39,40,43). The van der Waals surface area contributed by atoms with Crippen LogP contribution in [0.25, 0.3) is 27.9 Å². The fourth-order valence-corrected chi connectivity index (χ4v) is 8.46. The van der Waals surface area contributed by atoms with Gasteiger partial charge in [0.05, 0.1) is 39.1 Å². The quantitative estimate of drug-likeness (QED) is 0.171. The number of nitrogens with zero attached hydrogens (tertiary/aromatic N) is 6. The van der Waals surface area contributed by atoms with E-state index in [1.807, 2.05) is 16.7 Å². The van der Waals surface area contributed by atoms with Crippen LogP contribution >= 0.6 is 23.2 Å². The number of hydrogen-bond acceptors (Lipinski definition) is 9. The highest BCUT2D eigenvalue weighted by Crippen LogP contribution is 2.41. The van der Waals surface area contributed by atoms with Crippen LogP contribution in [0.2, 0.25) is 10.0 Å². The van der Waals surface area contributed by atoms with Crippen molar-refractivity contribution < 1.29 is 21.9 Å². The molecule has 2 aliphatic rings. The maximum absolute atomic E-state index is 15.8. The fourth-order valence-electron chi connectivity index (χ4n) is 6.64. The lowest BCUT2D eigenvalue weighted by molar-refractivity contribution is 0.134. The summed E-state index contributed by atoms with van der Waals surface area (Å²) in [4.78, 5) is 20.0. The third-order valence-electron chi connectivity index (χ3n) is 9.40. The van der Waals surface area contributed by atoms with Crippen molar-refractivity contribution >= 4 is 78.2 Å². The van der Waals surface area contributed by atoms with Crippen molar-refractivity contribution in [3.05, 3.63) is 95.0 Å². The first kappa shape index (κ1) is 32.6. The zero-order valence-electron chi connectivity index (χ0n) is 26.2. The maximum Gasteiger partial charge on any atom is 0.263 e. The van der Waals surface area contributed by atoms with Crippen molar-refractivity contribution in [1.82, 2.24) is 24.5 Å². The summed E-state index contributed by atoms with van der Waals surface area (Å²) in [6.45, 7) is 3.50. The Kier molecular flexibility index (Phi) is 8.21. The van der Waals surface area contributed by atoms with Crippen molar-refractivity contribution in [2.45, 2.75) is 24.2 Å². The number of para-hydroxylation sites is 1. The second kappa shape index (κ2) is 12.6. The van der Waals surface area contributed by atoms with Crippen molar-refractivity contribution in [3.8, 4) is 5.82 Å². The van der Waals surface area contributed by atoms with Gasteiger partial charge in [-0.25, -0.2) is 37.1 Å². The number of halogens is 4. The number of sulfonamides is 1. The number of rotatable bonds is 7. The van der Waals surface area contributed by atoms with Gasteiger partial charge in [-0.3, -0.25) is 9.29 Å². The number of hydrogen-bond donors (Lipinski definition) is 2. The van der Waals surface area contributed by atoms with Crippen LogP contribution in [0.15, 0.2) is 78.2 Å². The lowest BCUT2D eigenvalue weighted by Crippen LogP contribution is -2.40. The number of pyridine rings is 1. The van der Waals surface area contributed by atoms with Crippen molar-refractivity contribution in [1.29, 1.82) is 0 Å². The van der Waals surface area contributed by atoms with Gasteiger partial charge in [-0.1, -0.05) is 35.3 Å². The molecule has 11 nitrogen and oxygen atoms in total.